The smallest absolute Gasteiger partial charge is 0.133 e. The number of ether oxygens (including phenoxy) is 1. The van der Waals surface area contributed by atoms with Crippen LogP contribution in [0.15, 0.2) is 22.7 Å². The predicted octanol–water partition coefficient (Wildman–Crippen LogP) is 2.35. The minimum Gasteiger partial charge on any atom is -0.496 e. The van der Waals surface area contributed by atoms with Crippen molar-refractivity contribution in [3.05, 3.63) is 28.2 Å². The summed E-state index contributed by atoms with van der Waals surface area (Å²) in [6, 6.07) is 6.22. The number of halogens is 1. The maximum atomic E-state index is 5.70. The minimum absolute atomic E-state index is 0.195. The van der Waals surface area contributed by atoms with Crippen LogP contribution in [0.1, 0.15) is 12.5 Å². The lowest BCUT2D eigenvalue weighted by Gasteiger charge is -2.08. The molecule has 3 heteroatoms. The van der Waals surface area contributed by atoms with Gasteiger partial charge in [0.2, 0.25) is 0 Å². The molecule has 1 aromatic carbocycles. The van der Waals surface area contributed by atoms with Gasteiger partial charge in [0, 0.05) is 6.04 Å². The molecule has 1 aromatic rings. The zero-order valence-corrected chi connectivity index (χ0v) is 9.47. The molecule has 0 fully saturated rings. The number of nitrogens with two attached hydrogens (primary N) is 1. The highest BCUT2D eigenvalue weighted by molar-refractivity contribution is 9.10. The van der Waals surface area contributed by atoms with E-state index in [1.165, 1.54) is 5.56 Å². The summed E-state index contributed by atoms with van der Waals surface area (Å²) in [7, 11) is 1.66. The molecule has 0 unspecified atom stereocenters. The van der Waals surface area contributed by atoms with Crippen molar-refractivity contribution in [3.8, 4) is 5.75 Å². The van der Waals surface area contributed by atoms with Crippen LogP contribution in [-0.2, 0) is 6.42 Å². The van der Waals surface area contributed by atoms with E-state index >= 15 is 0 Å². The Kier molecular flexibility index (Phi) is 3.75. The summed E-state index contributed by atoms with van der Waals surface area (Å²) < 4.78 is 6.11. The molecule has 0 aliphatic heterocycles. The zero-order chi connectivity index (χ0) is 9.84. The molecule has 0 aromatic heterocycles. The van der Waals surface area contributed by atoms with Gasteiger partial charge in [-0.15, -0.1) is 0 Å². The predicted molar refractivity (Wildman–Crippen MR) is 58.0 cm³/mol. The van der Waals surface area contributed by atoms with E-state index in [4.69, 9.17) is 10.5 Å². The summed E-state index contributed by atoms with van der Waals surface area (Å²) in [5.74, 6) is 0.855. The number of hydrogen-bond donors (Lipinski definition) is 1. The highest BCUT2D eigenvalue weighted by Crippen LogP contribution is 2.25. The third-order valence-corrected chi connectivity index (χ3v) is 2.39. The van der Waals surface area contributed by atoms with Crippen LogP contribution < -0.4 is 10.5 Å². The quantitative estimate of drug-likeness (QED) is 0.885. The fourth-order valence-corrected chi connectivity index (χ4v) is 1.80. The van der Waals surface area contributed by atoms with Gasteiger partial charge in [0.05, 0.1) is 11.6 Å². The molecule has 0 radical (unpaired) electrons. The second-order valence-corrected chi connectivity index (χ2v) is 4.00. The molecular weight excluding hydrogens is 230 g/mol. The van der Waals surface area contributed by atoms with Gasteiger partial charge >= 0.3 is 0 Å². The van der Waals surface area contributed by atoms with E-state index in [2.05, 4.69) is 15.9 Å². The monoisotopic (exact) mass is 243 g/mol. The summed E-state index contributed by atoms with van der Waals surface area (Å²) in [5.41, 5.74) is 6.92. The lowest BCUT2D eigenvalue weighted by molar-refractivity contribution is 0.412. The molecule has 0 saturated carbocycles. The van der Waals surface area contributed by atoms with Crippen LogP contribution in [0.2, 0.25) is 0 Å². The van der Waals surface area contributed by atoms with Gasteiger partial charge in [0.25, 0.3) is 0 Å². The van der Waals surface area contributed by atoms with Crippen LogP contribution in [0.25, 0.3) is 0 Å². The van der Waals surface area contributed by atoms with Crippen LogP contribution in [0.4, 0.5) is 0 Å². The van der Waals surface area contributed by atoms with E-state index in [0.717, 1.165) is 16.6 Å². The van der Waals surface area contributed by atoms with E-state index in [1.807, 2.05) is 25.1 Å². The first kappa shape index (κ1) is 10.5. The zero-order valence-electron chi connectivity index (χ0n) is 7.88. The topological polar surface area (TPSA) is 35.2 Å². The van der Waals surface area contributed by atoms with E-state index in [9.17, 15) is 0 Å². The Hall–Kier alpha value is -0.540. The Morgan fingerprint density at radius 1 is 1.54 bits per heavy atom. The van der Waals surface area contributed by atoms with Gasteiger partial charge in [-0.1, -0.05) is 6.07 Å². The van der Waals surface area contributed by atoms with Crippen molar-refractivity contribution in [1.29, 1.82) is 0 Å². The molecular formula is C10H14BrNO. The van der Waals surface area contributed by atoms with Gasteiger partial charge in [0.15, 0.2) is 0 Å². The standard InChI is InChI=1S/C10H14BrNO/c1-7(12)5-8-3-4-10(13-2)9(11)6-8/h3-4,6-7H,5,12H2,1-2H3/t7-/m0/s1. The Bertz CT molecular complexity index is 286. The third-order valence-electron chi connectivity index (χ3n) is 1.77. The van der Waals surface area contributed by atoms with Gasteiger partial charge in [-0.05, 0) is 47.0 Å². The van der Waals surface area contributed by atoms with E-state index < -0.39 is 0 Å². The molecule has 2 N–H and O–H groups in total. The maximum Gasteiger partial charge on any atom is 0.133 e. The average Bonchev–Trinajstić information content (AvgIpc) is 2.03. The minimum atomic E-state index is 0.195. The first-order valence-electron chi connectivity index (χ1n) is 4.21. The molecule has 0 heterocycles. The molecule has 1 rings (SSSR count). The van der Waals surface area contributed by atoms with E-state index in [1.54, 1.807) is 7.11 Å². The molecule has 0 aliphatic carbocycles. The largest absolute Gasteiger partial charge is 0.496 e. The molecule has 13 heavy (non-hydrogen) atoms. The van der Waals surface area contributed by atoms with Crippen LogP contribution in [-0.4, -0.2) is 13.2 Å². The normalized spacial score (nSPS) is 12.6. The van der Waals surface area contributed by atoms with Crippen LogP contribution in [0, 0.1) is 0 Å². The molecule has 0 amide bonds. The molecule has 0 spiro atoms. The van der Waals surface area contributed by atoms with Crippen molar-refractivity contribution < 1.29 is 4.74 Å². The molecule has 0 saturated heterocycles. The van der Waals surface area contributed by atoms with Crippen molar-refractivity contribution in [2.75, 3.05) is 7.11 Å². The number of benzene rings is 1. The second-order valence-electron chi connectivity index (χ2n) is 3.15. The van der Waals surface area contributed by atoms with Crippen molar-refractivity contribution >= 4 is 15.9 Å². The summed E-state index contributed by atoms with van der Waals surface area (Å²) in [6.45, 7) is 2.00. The molecule has 72 valence electrons. The Balaban J connectivity index is 2.83. The van der Waals surface area contributed by atoms with Crippen LogP contribution in [0.3, 0.4) is 0 Å². The van der Waals surface area contributed by atoms with Crippen molar-refractivity contribution in [2.24, 2.45) is 5.73 Å². The summed E-state index contributed by atoms with van der Waals surface area (Å²) >= 11 is 3.43. The van der Waals surface area contributed by atoms with E-state index in [-0.39, 0.29) is 6.04 Å². The van der Waals surface area contributed by atoms with Crippen molar-refractivity contribution in [3.63, 3.8) is 0 Å². The van der Waals surface area contributed by atoms with E-state index in [0.29, 0.717) is 0 Å². The lowest BCUT2D eigenvalue weighted by atomic mass is 10.1. The first-order chi connectivity index (χ1) is 6.13. The molecule has 2 nitrogen and oxygen atoms in total. The Morgan fingerprint density at radius 3 is 2.69 bits per heavy atom. The number of hydrogen-bond acceptors (Lipinski definition) is 2. The average molecular weight is 244 g/mol. The maximum absolute atomic E-state index is 5.70. The van der Waals surface area contributed by atoms with Gasteiger partial charge in [-0.25, -0.2) is 0 Å². The van der Waals surface area contributed by atoms with Gasteiger partial charge in [-0.2, -0.15) is 0 Å². The summed E-state index contributed by atoms with van der Waals surface area (Å²) in [6.07, 6.45) is 0.891. The van der Waals surface area contributed by atoms with Crippen molar-refractivity contribution in [2.45, 2.75) is 19.4 Å². The number of methoxy groups -OCH3 is 1. The van der Waals surface area contributed by atoms with Gasteiger partial charge < -0.3 is 10.5 Å². The van der Waals surface area contributed by atoms with Crippen LogP contribution >= 0.6 is 15.9 Å². The van der Waals surface area contributed by atoms with Gasteiger partial charge in [-0.3, -0.25) is 0 Å². The highest BCUT2D eigenvalue weighted by atomic mass is 79.9. The SMILES string of the molecule is COc1ccc(C[C@H](C)N)cc1Br. The van der Waals surface area contributed by atoms with Crippen LogP contribution in [0.5, 0.6) is 5.75 Å². The lowest BCUT2D eigenvalue weighted by Crippen LogP contribution is -2.17. The third kappa shape index (κ3) is 3.01. The first-order valence-corrected chi connectivity index (χ1v) is 5.00. The van der Waals surface area contributed by atoms with Gasteiger partial charge in [0.1, 0.15) is 5.75 Å². The fraction of sp³-hybridized carbons (Fsp3) is 0.400. The Labute approximate surface area is 87.2 Å². The Morgan fingerprint density at radius 2 is 2.23 bits per heavy atom. The molecule has 0 aliphatic rings. The number of rotatable bonds is 3. The molecule has 0 bridgehead atoms. The fourth-order valence-electron chi connectivity index (χ4n) is 1.21. The van der Waals surface area contributed by atoms with Crippen molar-refractivity contribution in [1.82, 2.24) is 0 Å². The second kappa shape index (κ2) is 4.63. The summed E-state index contributed by atoms with van der Waals surface area (Å²) in [4.78, 5) is 0. The highest BCUT2D eigenvalue weighted by Gasteiger charge is 2.02. The summed E-state index contributed by atoms with van der Waals surface area (Å²) in [5, 5.41) is 0. The molecule has 1 atom stereocenters.